The van der Waals surface area contributed by atoms with Crippen LogP contribution < -0.4 is 10.2 Å². The molecule has 2 aromatic rings. The molecule has 1 saturated heterocycles. The molecule has 1 N–H and O–H groups in total. The Hall–Kier alpha value is -2.16. The molecule has 0 radical (unpaired) electrons. The number of carbonyl (C=O) groups excluding carboxylic acids is 1. The van der Waals surface area contributed by atoms with Crippen LogP contribution in [-0.4, -0.2) is 74.3 Å². The van der Waals surface area contributed by atoms with Crippen LogP contribution in [0.2, 0.25) is 0 Å². The zero-order valence-electron chi connectivity index (χ0n) is 18.3. The molecule has 0 bridgehead atoms. The highest BCUT2D eigenvalue weighted by atomic mass is 32.2. The van der Waals surface area contributed by atoms with E-state index < -0.39 is 0 Å². The topological polar surface area (TPSA) is 70.6 Å². The second-order valence-electron chi connectivity index (χ2n) is 7.57. The number of nitrogens with one attached hydrogen (secondary N) is 1. The Labute approximate surface area is 183 Å². The molecule has 0 saturated carbocycles. The molecule has 1 amide bonds. The lowest BCUT2D eigenvalue weighted by Gasteiger charge is -2.34. The third kappa shape index (κ3) is 5.93. The Morgan fingerprint density at radius 2 is 1.97 bits per heavy atom. The third-order valence-electron chi connectivity index (χ3n) is 5.29. The largest absolute Gasteiger partial charge is 0.383 e. The van der Waals surface area contributed by atoms with E-state index in [2.05, 4.69) is 34.1 Å². The van der Waals surface area contributed by atoms with Crippen molar-refractivity contribution in [2.24, 2.45) is 0 Å². The van der Waals surface area contributed by atoms with Gasteiger partial charge in [0.15, 0.2) is 5.16 Å². The molecule has 1 aromatic heterocycles. The van der Waals surface area contributed by atoms with Crippen molar-refractivity contribution in [2.45, 2.75) is 24.8 Å². The summed E-state index contributed by atoms with van der Waals surface area (Å²) in [6.45, 7) is 9.21. The highest BCUT2D eigenvalue weighted by Gasteiger charge is 2.19. The Kier molecular flexibility index (Phi) is 8.07. The molecular formula is C22H31N5O2S. The fourth-order valence-electron chi connectivity index (χ4n) is 3.30. The number of aryl methyl sites for hydroxylation is 1. The lowest BCUT2D eigenvalue weighted by atomic mass is 10.1. The van der Waals surface area contributed by atoms with E-state index in [0.29, 0.717) is 24.5 Å². The van der Waals surface area contributed by atoms with Gasteiger partial charge in [-0.3, -0.25) is 4.79 Å². The first-order valence-electron chi connectivity index (χ1n) is 10.3. The van der Waals surface area contributed by atoms with Gasteiger partial charge in [0.1, 0.15) is 5.82 Å². The van der Waals surface area contributed by atoms with Gasteiger partial charge in [0, 0.05) is 62.4 Å². The minimum atomic E-state index is -0.0846. The molecule has 1 aromatic carbocycles. The van der Waals surface area contributed by atoms with Gasteiger partial charge < -0.3 is 19.9 Å². The first-order chi connectivity index (χ1) is 14.5. The maximum atomic E-state index is 12.3. The monoisotopic (exact) mass is 429 g/mol. The molecule has 1 fully saturated rings. The van der Waals surface area contributed by atoms with Crippen LogP contribution >= 0.6 is 11.8 Å². The number of aromatic nitrogens is 2. The van der Waals surface area contributed by atoms with Gasteiger partial charge in [-0.2, -0.15) is 0 Å². The molecule has 1 aliphatic rings. The fourth-order valence-corrected chi connectivity index (χ4v) is 4.13. The van der Waals surface area contributed by atoms with Crippen molar-refractivity contribution in [1.82, 2.24) is 20.2 Å². The van der Waals surface area contributed by atoms with E-state index in [1.807, 2.05) is 31.2 Å². The fraction of sp³-hybridized carbons (Fsp3) is 0.500. The summed E-state index contributed by atoms with van der Waals surface area (Å²) in [4.78, 5) is 26.5. The highest BCUT2D eigenvalue weighted by molar-refractivity contribution is 7.98. The van der Waals surface area contributed by atoms with Crippen molar-refractivity contribution in [3.63, 3.8) is 0 Å². The Balaban J connectivity index is 1.67. The number of benzene rings is 1. The van der Waals surface area contributed by atoms with Gasteiger partial charge in [-0.05, 0) is 38.6 Å². The molecule has 8 heteroatoms. The molecule has 0 aliphatic carbocycles. The number of amides is 1. The molecule has 0 spiro atoms. The number of carbonyl (C=O) groups is 1. The van der Waals surface area contributed by atoms with Crippen molar-refractivity contribution >= 4 is 23.5 Å². The quantitative estimate of drug-likeness (QED) is 0.393. The van der Waals surface area contributed by atoms with Gasteiger partial charge in [-0.15, -0.1) is 0 Å². The van der Waals surface area contributed by atoms with Gasteiger partial charge in [-0.25, -0.2) is 9.97 Å². The van der Waals surface area contributed by atoms with E-state index in [1.54, 1.807) is 18.9 Å². The zero-order chi connectivity index (χ0) is 21.5. The molecule has 3 rings (SSSR count). The van der Waals surface area contributed by atoms with Crippen LogP contribution in [0.4, 0.5) is 5.82 Å². The lowest BCUT2D eigenvalue weighted by Crippen LogP contribution is -2.45. The van der Waals surface area contributed by atoms with Crippen LogP contribution in [0, 0.1) is 13.8 Å². The van der Waals surface area contributed by atoms with Crippen molar-refractivity contribution < 1.29 is 9.53 Å². The Bertz CT molecular complexity index is 869. The normalized spacial score (nSPS) is 14.7. The van der Waals surface area contributed by atoms with Crippen LogP contribution in [0.15, 0.2) is 29.4 Å². The smallest absolute Gasteiger partial charge is 0.251 e. The Morgan fingerprint density at radius 1 is 1.20 bits per heavy atom. The summed E-state index contributed by atoms with van der Waals surface area (Å²) in [6.07, 6.45) is 0. The van der Waals surface area contributed by atoms with Crippen LogP contribution in [0.1, 0.15) is 27.2 Å². The number of thioether (sulfide) groups is 1. The predicted molar refractivity (Wildman–Crippen MR) is 121 cm³/mol. The second kappa shape index (κ2) is 10.7. The summed E-state index contributed by atoms with van der Waals surface area (Å²) in [5.74, 6) is 1.67. The van der Waals surface area contributed by atoms with Crippen molar-refractivity contribution in [3.8, 4) is 0 Å². The van der Waals surface area contributed by atoms with Crippen molar-refractivity contribution in [1.29, 1.82) is 0 Å². The van der Waals surface area contributed by atoms with Gasteiger partial charge in [0.05, 0.1) is 6.61 Å². The first-order valence-corrected chi connectivity index (χ1v) is 11.2. The second-order valence-corrected chi connectivity index (χ2v) is 8.51. The van der Waals surface area contributed by atoms with Gasteiger partial charge in [0.25, 0.3) is 5.91 Å². The van der Waals surface area contributed by atoms with E-state index in [9.17, 15) is 4.79 Å². The number of likely N-dealkylation sites (N-methyl/N-ethyl adjacent to an activating group) is 1. The van der Waals surface area contributed by atoms with E-state index in [1.165, 1.54) is 0 Å². The molecule has 2 heterocycles. The SMILES string of the molecule is COCCNC(=O)c1cccc(CSc2nc(C)c(C)c(N3CCN(C)CC3)n2)c1. The van der Waals surface area contributed by atoms with E-state index in [0.717, 1.165) is 54.0 Å². The summed E-state index contributed by atoms with van der Waals surface area (Å²) >= 11 is 1.61. The first kappa shape index (κ1) is 22.5. The number of rotatable bonds is 8. The maximum Gasteiger partial charge on any atom is 0.251 e. The molecule has 30 heavy (non-hydrogen) atoms. The summed E-state index contributed by atoms with van der Waals surface area (Å²) in [7, 11) is 3.77. The van der Waals surface area contributed by atoms with Crippen LogP contribution in [-0.2, 0) is 10.5 Å². The third-order valence-corrected chi connectivity index (χ3v) is 6.21. The van der Waals surface area contributed by atoms with Crippen LogP contribution in [0.25, 0.3) is 0 Å². The minimum absolute atomic E-state index is 0.0846. The van der Waals surface area contributed by atoms with Gasteiger partial charge >= 0.3 is 0 Å². The zero-order valence-corrected chi connectivity index (χ0v) is 19.1. The van der Waals surface area contributed by atoms with E-state index in [4.69, 9.17) is 9.72 Å². The van der Waals surface area contributed by atoms with Crippen molar-refractivity contribution in [3.05, 3.63) is 46.6 Å². The number of piperazine rings is 1. The Morgan fingerprint density at radius 3 is 2.70 bits per heavy atom. The van der Waals surface area contributed by atoms with Crippen LogP contribution in [0.3, 0.4) is 0 Å². The number of ether oxygens (including phenoxy) is 1. The molecule has 162 valence electrons. The predicted octanol–water partition coefficient (Wildman–Crippen LogP) is 2.51. The van der Waals surface area contributed by atoms with Crippen molar-refractivity contribution in [2.75, 3.05) is 58.4 Å². The molecule has 7 nitrogen and oxygen atoms in total. The van der Waals surface area contributed by atoms with E-state index in [-0.39, 0.29) is 5.91 Å². The van der Waals surface area contributed by atoms with E-state index >= 15 is 0 Å². The standard InChI is InChI=1S/C22H31N5O2S/c1-16-17(2)24-22(25-20(16)27-11-9-26(3)10-12-27)30-15-18-6-5-7-19(14-18)21(28)23-8-13-29-4/h5-7,14H,8-13,15H2,1-4H3,(H,23,28). The number of nitrogens with zero attached hydrogens (tertiary/aromatic N) is 4. The average Bonchev–Trinajstić information content (AvgIpc) is 2.75. The summed E-state index contributed by atoms with van der Waals surface area (Å²) in [6, 6.07) is 7.70. The minimum Gasteiger partial charge on any atom is -0.383 e. The molecule has 1 aliphatic heterocycles. The highest BCUT2D eigenvalue weighted by Crippen LogP contribution is 2.27. The summed E-state index contributed by atoms with van der Waals surface area (Å²) < 4.78 is 4.98. The average molecular weight is 430 g/mol. The molecule has 0 unspecified atom stereocenters. The maximum absolute atomic E-state index is 12.3. The molecular weight excluding hydrogens is 398 g/mol. The number of anilines is 1. The number of hydrogen-bond acceptors (Lipinski definition) is 7. The van der Waals surface area contributed by atoms with Gasteiger partial charge in [0.2, 0.25) is 0 Å². The molecule has 0 atom stereocenters. The summed E-state index contributed by atoms with van der Waals surface area (Å²) in [5.41, 5.74) is 3.90. The van der Waals surface area contributed by atoms with Gasteiger partial charge in [-0.1, -0.05) is 23.9 Å². The summed E-state index contributed by atoms with van der Waals surface area (Å²) in [5, 5.41) is 3.64. The lowest BCUT2D eigenvalue weighted by molar-refractivity contribution is 0.0937. The number of methoxy groups -OCH3 is 1. The van der Waals surface area contributed by atoms with Crippen LogP contribution in [0.5, 0.6) is 0 Å². The number of hydrogen-bond donors (Lipinski definition) is 1.